The normalized spacial score (nSPS) is 10.3. The molecular formula is C16H13NO2. The fourth-order valence-electron chi connectivity index (χ4n) is 1.66. The second kappa shape index (κ2) is 6.31. The maximum atomic E-state index is 11.9. The maximum Gasteiger partial charge on any atom is 0.255 e. The highest BCUT2D eigenvalue weighted by atomic mass is 16.1. The Morgan fingerprint density at radius 2 is 1.63 bits per heavy atom. The molecule has 0 aliphatic carbocycles. The molecule has 2 rings (SSSR count). The predicted molar refractivity (Wildman–Crippen MR) is 74.8 cm³/mol. The fraction of sp³-hybridized carbons (Fsp3) is 0. The van der Waals surface area contributed by atoms with E-state index >= 15 is 0 Å². The van der Waals surface area contributed by atoms with Crippen LogP contribution in [0.15, 0.2) is 60.8 Å². The van der Waals surface area contributed by atoms with Gasteiger partial charge in [0.05, 0.1) is 5.56 Å². The van der Waals surface area contributed by atoms with Crippen LogP contribution >= 0.6 is 0 Å². The highest BCUT2D eigenvalue weighted by molar-refractivity contribution is 6.01. The number of aldehydes is 1. The van der Waals surface area contributed by atoms with Gasteiger partial charge in [-0.15, -0.1) is 0 Å². The Bertz CT molecular complexity index is 603. The third-order valence-corrected chi connectivity index (χ3v) is 2.62. The van der Waals surface area contributed by atoms with Crippen molar-refractivity contribution < 1.29 is 9.59 Å². The molecule has 19 heavy (non-hydrogen) atoms. The third kappa shape index (κ3) is 3.39. The zero-order valence-electron chi connectivity index (χ0n) is 10.2. The summed E-state index contributed by atoms with van der Waals surface area (Å²) in [6.07, 6.45) is 4.04. The highest BCUT2D eigenvalue weighted by Gasteiger charge is 2.07. The van der Waals surface area contributed by atoms with Crippen molar-refractivity contribution in [1.29, 1.82) is 0 Å². The van der Waals surface area contributed by atoms with Crippen molar-refractivity contribution in [2.45, 2.75) is 0 Å². The lowest BCUT2D eigenvalue weighted by Crippen LogP contribution is -2.18. The van der Waals surface area contributed by atoms with E-state index in [1.165, 1.54) is 0 Å². The first-order chi connectivity index (χ1) is 9.31. The molecule has 3 nitrogen and oxygen atoms in total. The van der Waals surface area contributed by atoms with Crippen molar-refractivity contribution in [2.24, 2.45) is 0 Å². The van der Waals surface area contributed by atoms with Crippen LogP contribution in [-0.2, 0) is 0 Å². The lowest BCUT2D eigenvalue weighted by Gasteiger charge is -2.02. The van der Waals surface area contributed by atoms with Gasteiger partial charge in [-0.25, -0.2) is 0 Å². The molecule has 0 heterocycles. The van der Waals surface area contributed by atoms with E-state index in [2.05, 4.69) is 5.32 Å². The van der Waals surface area contributed by atoms with Crippen LogP contribution in [0.1, 0.15) is 26.3 Å². The largest absolute Gasteiger partial charge is 0.329 e. The Labute approximate surface area is 111 Å². The van der Waals surface area contributed by atoms with E-state index in [1.54, 1.807) is 36.5 Å². The fourth-order valence-corrected chi connectivity index (χ4v) is 1.66. The average Bonchev–Trinajstić information content (AvgIpc) is 2.48. The summed E-state index contributed by atoms with van der Waals surface area (Å²) in [5.41, 5.74) is 1.75. The van der Waals surface area contributed by atoms with Crippen LogP contribution < -0.4 is 5.32 Å². The van der Waals surface area contributed by atoms with Gasteiger partial charge in [-0.3, -0.25) is 9.59 Å². The van der Waals surface area contributed by atoms with E-state index in [4.69, 9.17) is 0 Å². The number of hydrogen-bond acceptors (Lipinski definition) is 2. The summed E-state index contributed by atoms with van der Waals surface area (Å²) in [5.74, 6) is -0.296. The zero-order chi connectivity index (χ0) is 13.5. The van der Waals surface area contributed by atoms with Gasteiger partial charge in [-0.05, 0) is 17.7 Å². The molecule has 2 aromatic rings. The van der Waals surface area contributed by atoms with Gasteiger partial charge in [-0.2, -0.15) is 0 Å². The first-order valence-corrected chi connectivity index (χ1v) is 5.88. The van der Waals surface area contributed by atoms with Crippen molar-refractivity contribution in [1.82, 2.24) is 5.32 Å². The van der Waals surface area contributed by atoms with Gasteiger partial charge in [0.2, 0.25) is 0 Å². The summed E-state index contributed by atoms with van der Waals surface area (Å²) in [6, 6.07) is 16.3. The first-order valence-electron chi connectivity index (χ1n) is 5.88. The number of benzene rings is 2. The number of hydrogen-bond donors (Lipinski definition) is 1. The molecule has 0 aliphatic rings. The van der Waals surface area contributed by atoms with E-state index in [-0.39, 0.29) is 5.91 Å². The summed E-state index contributed by atoms with van der Waals surface area (Å²) >= 11 is 0. The van der Waals surface area contributed by atoms with Gasteiger partial charge in [0.15, 0.2) is 6.29 Å². The minimum atomic E-state index is -0.296. The Morgan fingerprint density at radius 3 is 2.37 bits per heavy atom. The molecule has 3 heteroatoms. The topological polar surface area (TPSA) is 46.2 Å². The quantitative estimate of drug-likeness (QED) is 0.849. The standard InChI is InChI=1S/C16H13NO2/c18-12-14-8-4-5-9-15(14)16(19)17-11-10-13-6-2-1-3-7-13/h1-12H,(H,17,19). The average molecular weight is 251 g/mol. The van der Waals surface area contributed by atoms with Gasteiger partial charge < -0.3 is 5.32 Å². The zero-order valence-corrected chi connectivity index (χ0v) is 10.2. The second-order valence-corrected chi connectivity index (χ2v) is 3.92. The van der Waals surface area contributed by atoms with Crippen LogP contribution in [0, 0.1) is 0 Å². The molecule has 0 unspecified atom stereocenters. The summed E-state index contributed by atoms with van der Waals surface area (Å²) < 4.78 is 0. The molecule has 0 aliphatic heterocycles. The van der Waals surface area contributed by atoms with Gasteiger partial charge in [0.1, 0.15) is 0 Å². The first kappa shape index (κ1) is 12.8. The Kier molecular flexibility index (Phi) is 4.24. The number of carbonyl (C=O) groups is 2. The second-order valence-electron chi connectivity index (χ2n) is 3.92. The molecule has 0 fully saturated rings. The molecule has 0 saturated carbocycles. The number of carbonyl (C=O) groups excluding carboxylic acids is 2. The summed E-state index contributed by atoms with van der Waals surface area (Å²) in [7, 11) is 0. The minimum Gasteiger partial charge on any atom is -0.329 e. The van der Waals surface area contributed by atoms with E-state index in [0.717, 1.165) is 5.56 Å². The van der Waals surface area contributed by atoms with Crippen LogP contribution in [0.2, 0.25) is 0 Å². The SMILES string of the molecule is O=Cc1ccccc1C(=O)NC=Cc1ccccc1. The number of nitrogens with one attached hydrogen (secondary N) is 1. The Balaban J connectivity index is 2.06. The maximum absolute atomic E-state index is 11.9. The smallest absolute Gasteiger partial charge is 0.255 e. The molecule has 0 saturated heterocycles. The van der Waals surface area contributed by atoms with Crippen LogP contribution in [0.4, 0.5) is 0 Å². The van der Waals surface area contributed by atoms with Crippen molar-refractivity contribution >= 4 is 18.3 Å². The van der Waals surface area contributed by atoms with Crippen molar-refractivity contribution in [3.63, 3.8) is 0 Å². The number of amides is 1. The van der Waals surface area contributed by atoms with Crippen LogP contribution in [0.3, 0.4) is 0 Å². The molecule has 0 aromatic heterocycles. The van der Waals surface area contributed by atoms with E-state index in [1.807, 2.05) is 30.3 Å². The van der Waals surface area contributed by atoms with Gasteiger partial charge in [-0.1, -0.05) is 48.5 Å². The van der Waals surface area contributed by atoms with Gasteiger partial charge in [0.25, 0.3) is 5.91 Å². The van der Waals surface area contributed by atoms with E-state index in [0.29, 0.717) is 17.4 Å². The minimum absolute atomic E-state index is 0.296. The predicted octanol–water partition coefficient (Wildman–Crippen LogP) is 2.90. The van der Waals surface area contributed by atoms with E-state index in [9.17, 15) is 9.59 Å². The summed E-state index contributed by atoms with van der Waals surface area (Å²) in [4.78, 5) is 22.7. The molecule has 1 amide bonds. The molecule has 1 N–H and O–H groups in total. The molecular weight excluding hydrogens is 238 g/mol. The molecule has 0 spiro atoms. The van der Waals surface area contributed by atoms with Crippen molar-refractivity contribution in [2.75, 3.05) is 0 Å². The Hall–Kier alpha value is -2.68. The molecule has 0 bridgehead atoms. The monoisotopic (exact) mass is 251 g/mol. The van der Waals surface area contributed by atoms with Crippen LogP contribution in [0.25, 0.3) is 6.08 Å². The molecule has 2 aromatic carbocycles. The summed E-state index contributed by atoms with van der Waals surface area (Å²) in [6.45, 7) is 0. The molecule has 0 atom stereocenters. The van der Waals surface area contributed by atoms with Crippen LogP contribution in [0.5, 0.6) is 0 Å². The van der Waals surface area contributed by atoms with E-state index < -0.39 is 0 Å². The molecule has 0 radical (unpaired) electrons. The van der Waals surface area contributed by atoms with Gasteiger partial charge >= 0.3 is 0 Å². The van der Waals surface area contributed by atoms with Crippen molar-refractivity contribution in [3.8, 4) is 0 Å². The van der Waals surface area contributed by atoms with Gasteiger partial charge in [0, 0.05) is 11.8 Å². The van der Waals surface area contributed by atoms with Crippen LogP contribution in [-0.4, -0.2) is 12.2 Å². The third-order valence-electron chi connectivity index (χ3n) is 2.62. The van der Waals surface area contributed by atoms with Crippen molar-refractivity contribution in [3.05, 3.63) is 77.5 Å². The Morgan fingerprint density at radius 1 is 0.947 bits per heavy atom. The number of rotatable bonds is 4. The summed E-state index contributed by atoms with van der Waals surface area (Å²) in [5, 5.41) is 2.64. The highest BCUT2D eigenvalue weighted by Crippen LogP contribution is 2.06. The molecule has 94 valence electrons. The lowest BCUT2D eigenvalue weighted by molar-refractivity contribution is 0.0964. The lowest BCUT2D eigenvalue weighted by atomic mass is 10.1.